The molecule has 0 unspecified atom stereocenters. The fourth-order valence-electron chi connectivity index (χ4n) is 2.96. The van der Waals surface area contributed by atoms with Gasteiger partial charge in [0.1, 0.15) is 0 Å². The molecule has 0 aliphatic heterocycles. The van der Waals surface area contributed by atoms with Crippen LogP contribution in [-0.4, -0.2) is 22.4 Å². The zero-order valence-corrected chi connectivity index (χ0v) is 29.2. The van der Waals surface area contributed by atoms with E-state index in [-0.39, 0.29) is 62.5 Å². The first-order valence-corrected chi connectivity index (χ1v) is 11.8. The molecule has 4 aromatic rings. The first-order chi connectivity index (χ1) is 19.4. The van der Waals surface area contributed by atoms with Crippen molar-refractivity contribution in [2.75, 3.05) is 0 Å². The Morgan fingerprint density at radius 1 is 0.619 bits per heavy atom. The molecule has 0 aliphatic carbocycles. The molecule has 10 nitrogen and oxygen atoms in total. The number of pyridine rings is 2. The third-order valence-corrected chi connectivity index (χ3v) is 4.94. The number of nitrogens with zero attached hydrogens (tertiary/aromatic N) is 6. The van der Waals surface area contributed by atoms with E-state index < -0.39 is 0 Å². The minimum absolute atomic E-state index is 0. The molecule has 0 bridgehead atoms. The van der Waals surface area contributed by atoms with Gasteiger partial charge in [-0.2, -0.15) is 0 Å². The normalized spacial score (nSPS) is 10.7. The third-order valence-electron chi connectivity index (χ3n) is 4.94. The second kappa shape index (κ2) is 24.3. The second-order valence-electron chi connectivity index (χ2n) is 7.68. The number of aromatic nitrogens is 2. The van der Waals surface area contributed by atoms with Crippen LogP contribution in [0.25, 0.3) is 0 Å². The predicted octanol–water partition coefficient (Wildman–Crippen LogP) is 2.32. The molecule has 0 saturated heterocycles. The second-order valence-corrected chi connectivity index (χ2v) is 7.68. The van der Waals surface area contributed by atoms with E-state index in [4.69, 9.17) is 20.7 Å². The van der Waals surface area contributed by atoms with Crippen LogP contribution >= 0.6 is 0 Å². The summed E-state index contributed by atoms with van der Waals surface area (Å²) in [6.45, 7) is 3.90. The maximum absolute atomic E-state index is 11.5. The summed E-state index contributed by atoms with van der Waals surface area (Å²) in [5.74, 6) is -0.0195. The van der Waals surface area contributed by atoms with Gasteiger partial charge in [0, 0.05) is 37.3 Å². The number of hydrogen-bond acceptors (Lipinski definition) is 10. The van der Waals surface area contributed by atoms with Crippen molar-refractivity contribution in [2.24, 2.45) is 9.98 Å². The summed E-state index contributed by atoms with van der Waals surface area (Å²) in [6.07, 6.45) is 7.70. The van der Waals surface area contributed by atoms with Crippen molar-refractivity contribution >= 4 is 12.4 Å². The van der Waals surface area contributed by atoms with Gasteiger partial charge in [0.25, 0.3) is 0 Å². The molecule has 0 saturated carbocycles. The predicted molar refractivity (Wildman–Crippen MR) is 143 cm³/mol. The Labute approximate surface area is 270 Å². The molecule has 0 aliphatic rings. The van der Waals surface area contributed by atoms with E-state index in [0.29, 0.717) is 23.6 Å². The van der Waals surface area contributed by atoms with Gasteiger partial charge < -0.3 is 20.4 Å². The van der Waals surface area contributed by atoms with E-state index in [9.17, 15) is 10.2 Å². The Hall–Kier alpha value is -4.49. The number of hydrogen-bond donors (Lipinski definition) is 0. The number of para-hydroxylation sites is 2. The van der Waals surface area contributed by atoms with Crippen LogP contribution in [0.4, 0.5) is 0 Å². The van der Waals surface area contributed by atoms with Crippen molar-refractivity contribution in [2.45, 2.75) is 25.9 Å². The number of benzene rings is 2. The van der Waals surface area contributed by atoms with Crippen molar-refractivity contribution in [3.05, 3.63) is 120 Å². The van der Waals surface area contributed by atoms with Crippen LogP contribution in [0.3, 0.4) is 0 Å². The Kier molecular flexibility index (Phi) is 23.0. The van der Waals surface area contributed by atoms with Gasteiger partial charge in [0.2, 0.25) is 0 Å². The van der Waals surface area contributed by atoms with Crippen LogP contribution in [0.5, 0.6) is 11.5 Å². The fourth-order valence-corrected chi connectivity index (χ4v) is 2.96. The molecule has 2 atom stereocenters. The molecular formula is C30H26N6O4Zn2. The summed E-state index contributed by atoms with van der Waals surface area (Å²) in [5, 5.41) is 52.9. The minimum atomic E-state index is -0.0455. The van der Waals surface area contributed by atoms with E-state index in [1.807, 2.05) is 62.4 Å². The molecule has 0 amide bonds. The monoisotopic (exact) mass is 662 g/mol. The zero-order valence-electron chi connectivity index (χ0n) is 23.3. The van der Waals surface area contributed by atoms with Gasteiger partial charge in [-0.1, -0.05) is 60.7 Å². The van der Waals surface area contributed by atoms with Crippen LogP contribution < -0.4 is 20.4 Å². The number of aliphatic imine (C=N–C) groups is 2. The molecule has 4 rings (SSSR count). The van der Waals surface area contributed by atoms with Crippen molar-refractivity contribution in [1.29, 1.82) is 10.5 Å². The SMILES string of the molecule is C[C@@H](N=Cc1ccccc1[O-])c1ccccn1.C[C@H](N=Cc1ccccc1[O-])c1ccccn1.N#C[O-].N#C[O-].[Zn+2].[Zn+2]. The first kappa shape index (κ1) is 39.6. The topological polar surface area (TPSA) is 190 Å². The standard InChI is InChI=1S/2C14H14N2O.2CHNO.2Zn/c2*1-11(13-7-4-5-9-15-13)16-10-12-6-2-3-8-14(12)17;2*2-1-3;;/h2*2-11,17H,1H3;2*3H;;/q;;;;2*+2/p-4/t2*11-;;;;/m10..../s1. The van der Waals surface area contributed by atoms with Gasteiger partial charge in [-0.05, 0) is 49.2 Å². The van der Waals surface area contributed by atoms with Gasteiger partial charge in [0.05, 0.1) is 23.5 Å². The molecule has 2 aromatic carbocycles. The van der Waals surface area contributed by atoms with Gasteiger partial charge >= 0.3 is 39.0 Å². The zero-order chi connectivity index (χ0) is 29.6. The van der Waals surface area contributed by atoms with Gasteiger partial charge in [-0.15, -0.1) is 11.5 Å². The van der Waals surface area contributed by atoms with Crippen molar-refractivity contribution in [3.8, 4) is 24.0 Å². The van der Waals surface area contributed by atoms with Crippen LogP contribution in [0.15, 0.2) is 107 Å². The fraction of sp³-hybridized carbons (Fsp3) is 0.133. The van der Waals surface area contributed by atoms with E-state index in [2.05, 4.69) is 20.0 Å². The summed E-state index contributed by atoms with van der Waals surface area (Å²) >= 11 is 0. The number of nitriles is 2. The van der Waals surface area contributed by atoms with E-state index >= 15 is 0 Å². The van der Waals surface area contributed by atoms with Crippen LogP contribution in [0.1, 0.15) is 48.4 Å². The Balaban J connectivity index is 0. The molecule has 2 heterocycles. The first-order valence-electron chi connectivity index (χ1n) is 11.8. The molecular weight excluding hydrogens is 639 g/mol. The quantitative estimate of drug-likeness (QED) is 0.170. The summed E-state index contributed by atoms with van der Waals surface area (Å²) in [7, 11) is 0. The molecule has 0 spiro atoms. The maximum Gasteiger partial charge on any atom is 2.00 e. The van der Waals surface area contributed by atoms with Crippen molar-refractivity contribution < 1.29 is 59.4 Å². The van der Waals surface area contributed by atoms with E-state index in [0.717, 1.165) is 11.4 Å². The van der Waals surface area contributed by atoms with Crippen molar-refractivity contribution in [1.82, 2.24) is 9.97 Å². The minimum Gasteiger partial charge on any atom is -0.872 e. The van der Waals surface area contributed by atoms with Gasteiger partial charge in [0.15, 0.2) is 0 Å². The average molecular weight is 665 g/mol. The summed E-state index contributed by atoms with van der Waals surface area (Å²) in [5.41, 5.74) is 3.00. The summed E-state index contributed by atoms with van der Waals surface area (Å²) in [6, 6.07) is 25.0. The molecule has 0 radical (unpaired) electrons. The van der Waals surface area contributed by atoms with Crippen LogP contribution in [-0.2, 0) is 39.0 Å². The average Bonchev–Trinajstić information content (AvgIpc) is 2.98. The third kappa shape index (κ3) is 15.9. The Morgan fingerprint density at radius 2 is 0.929 bits per heavy atom. The maximum atomic E-state index is 11.5. The van der Waals surface area contributed by atoms with Gasteiger partial charge in [-0.25, -0.2) is 10.5 Å². The molecule has 0 fully saturated rings. The van der Waals surface area contributed by atoms with E-state index in [1.54, 1.807) is 49.1 Å². The van der Waals surface area contributed by atoms with Crippen molar-refractivity contribution in [3.63, 3.8) is 0 Å². The molecule has 204 valence electrons. The summed E-state index contributed by atoms with van der Waals surface area (Å²) in [4.78, 5) is 17.1. The largest absolute Gasteiger partial charge is 2.00 e. The Morgan fingerprint density at radius 3 is 1.21 bits per heavy atom. The Bertz CT molecular complexity index is 1300. The van der Waals surface area contributed by atoms with E-state index in [1.165, 1.54) is 12.1 Å². The summed E-state index contributed by atoms with van der Waals surface area (Å²) < 4.78 is 0. The molecule has 2 aromatic heterocycles. The van der Waals surface area contributed by atoms with Crippen LogP contribution in [0, 0.1) is 23.0 Å². The van der Waals surface area contributed by atoms with Gasteiger partial charge in [-0.3, -0.25) is 20.0 Å². The van der Waals surface area contributed by atoms with Crippen LogP contribution in [0.2, 0.25) is 0 Å². The molecule has 12 heteroatoms. The molecule has 0 N–H and O–H groups in total. The molecule has 42 heavy (non-hydrogen) atoms. The smallest absolute Gasteiger partial charge is 0.872 e. The number of rotatable bonds is 6.